The second-order valence-corrected chi connectivity index (χ2v) is 7.01. The van der Waals surface area contributed by atoms with E-state index in [1.54, 1.807) is 24.3 Å². The van der Waals surface area contributed by atoms with Crippen LogP contribution in [-0.2, 0) is 6.42 Å². The van der Waals surface area contributed by atoms with Gasteiger partial charge in [-0.3, -0.25) is 19.7 Å². The lowest BCUT2D eigenvalue weighted by atomic mass is 10.1. The van der Waals surface area contributed by atoms with Crippen molar-refractivity contribution in [2.45, 2.75) is 13.3 Å². The van der Waals surface area contributed by atoms with Crippen LogP contribution in [0.5, 0.6) is 0 Å². The van der Waals surface area contributed by atoms with Gasteiger partial charge in [0.1, 0.15) is 5.69 Å². The summed E-state index contributed by atoms with van der Waals surface area (Å²) >= 11 is 0. The van der Waals surface area contributed by atoms with Crippen LogP contribution in [0.15, 0.2) is 72.8 Å². The lowest BCUT2D eigenvalue weighted by Crippen LogP contribution is -2.27. The fraction of sp³-hybridized carbons (Fsp3) is 0.167. The monoisotopic (exact) mass is 432 g/mol. The molecule has 0 unspecified atom stereocenters. The van der Waals surface area contributed by atoms with Gasteiger partial charge >= 0.3 is 0 Å². The molecular weight excluding hydrogens is 408 g/mol. The number of nitro groups is 1. The molecule has 3 aromatic rings. The third kappa shape index (κ3) is 5.69. The summed E-state index contributed by atoms with van der Waals surface area (Å²) in [4.78, 5) is 36.2. The fourth-order valence-corrected chi connectivity index (χ4v) is 3.21. The Hall–Kier alpha value is -4.20. The Kier molecular flexibility index (Phi) is 7.53. The molecule has 0 heterocycles. The van der Waals surface area contributed by atoms with Gasteiger partial charge in [-0.1, -0.05) is 42.5 Å². The number of hydrogen-bond acceptors (Lipinski definition) is 5. The summed E-state index contributed by atoms with van der Waals surface area (Å²) < 4.78 is 0. The van der Waals surface area contributed by atoms with Crippen LogP contribution in [0, 0.1) is 10.1 Å². The Bertz CT molecular complexity index is 1120. The molecule has 32 heavy (non-hydrogen) atoms. The predicted octanol–water partition coefficient (Wildman–Crippen LogP) is 4.25. The molecule has 0 aliphatic rings. The van der Waals surface area contributed by atoms with E-state index < -0.39 is 10.8 Å². The quantitative estimate of drug-likeness (QED) is 0.346. The summed E-state index contributed by atoms with van der Waals surface area (Å²) in [5, 5.41) is 19.8. The van der Waals surface area contributed by atoms with Crippen LogP contribution in [0.3, 0.4) is 0 Å². The number of anilines is 2. The summed E-state index contributed by atoms with van der Waals surface area (Å²) in [5.41, 5.74) is 2.02. The first-order valence-electron chi connectivity index (χ1n) is 10.2. The number of amides is 2. The Morgan fingerprint density at radius 2 is 1.62 bits per heavy atom. The maximum Gasteiger partial charge on any atom is 0.293 e. The molecule has 0 aromatic heterocycles. The van der Waals surface area contributed by atoms with Crippen LogP contribution in [0.1, 0.15) is 33.2 Å². The van der Waals surface area contributed by atoms with Gasteiger partial charge < -0.3 is 16.0 Å². The number of nitrogens with one attached hydrogen (secondary N) is 3. The first-order valence-corrected chi connectivity index (χ1v) is 10.2. The molecular formula is C24H24N4O4. The van der Waals surface area contributed by atoms with Crippen molar-refractivity contribution in [3.63, 3.8) is 0 Å². The average molecular weight is 432 g/mol. The standard InChI is InChI=1S/C24H24N4O4/c1-2-25-21-13-12-18(16-22(21)28(31)32)23(29)27-20-11-7-6-10-19(20)24(30)26-15-14-17-8-4-3-5-9-17/h3-13,16,25H,2,14-15H2,1H3,(H,26,30)(H,27,29). The number of hydrogen-bond donors (Lipinski definition) is 3. The highest BCUT2D eigenvalue weighted by molar-refractivity contribution is 6.09. The van der Waals surface area contributed by atoms with Crippen LogP contribution in [0.25, 0.3) is 0 Å². The molecule has 0 radical (unpaired) electrons. The van der Waals surface area contributed by atoms with Crippen molar-refractivity contribution in [3.05, 3.63) is 99.6 Å². The molecule has 0 saturated heterocycles. The zero-order chi connectivity index (χ0) is 22.9. The summed E-state index contributed by atoms with van der Waals surface area (Å²) in [6, 6.07) is 20.7. The van der Waals surface area contributed by atoms with Crippen LogP contribution in [0.4, 0.5) is 17.1 Å². The molecule has 8 nitrogen and oxygen atoms in total. The number of carbonyl (C=O) groups is 2. The van der Waals surface area contributed by atoms with Crippen molar-refractivity contribution in [2.24, 2.45) is 0 Å². The first-order chi connectivity index (χ1) is 15.5. The molecule has 8 heteroatoms. The van der Waals surface area contributed by atoms with Gasteiger partial charge in [-0.15, -0.1) is 0 Å². The van der Waals surface area contributed by atoms with Gasteiger partial charge in [-0.05, 0) is 43.2 Å². The van der Waals surface area contributed by atoms with Crippen molar-refractivity contribution < 1.29 is 14.5 Å². The lowest BCUT2D eigenvalue weighted by molar-refractivity contribution is -0.384. The zero-order valence-electron chi connectivity index (χ0n) is 17.6. The Morgan fingerprint density at radius 1 is 0.906 bits per heavy atom. The number of nitrogens with zero attached hydrogens (tertiary/aromatic N) is 1. The molecule has 0 saturated carbocycles. The first kappa shape index (κ1) is 22.5. The molecule has 3 aromatic carbocycles. The Labute approximate surface area is 185 Å². The topological polar surface area (TPSA) is 113 Å². The van der Waals surface area contributed by atoms with Crippen LogP contribution in [0.2, 0.25) is 0 Å². The lowest BCUT2D eigenvalue weighted by Gasteiger charge is -2.12. The van der Waals surface area contributed by atoms with Crippen LogP contribution in [-0.4, -0.2) is 29.8 Å². The van der Waals surface area contributed by atoms with Gasteiger partial charge in [-0.2, -0.15) is 0 Å². The second-order valence-electron chi connectivity index (χ2n) is 7.01. The molecule has 0 aliphatic heterocycles. The van der Waals surface area contributed by atoms with Crippen molar-refractivity contribution in [2.75, 3.05) is 23.7 Å². The third-order valence-electron chi connectivity index (χ3n) is 4.79. The van der Waals surface area contributed by atoms with Crippen molar-refractivity contribution in [1.29, 1.82) is 0 Å². The number of nitro benzene ring substituents is 1. The van der Waals surface area contributed by atoms with E-state index in [1.165, 1.54) is 18.2 Å². The van der Waals surface area contributed by atoms with E-state index in [-0.39, 0.29) is 17.2 Å². The molecule has 2 amide bonds. The summed E-state index contributed by atoms with van der Waals surface area (Å²) in [6.07, 6.45) is 0.683. The van der Waals surface area contributed by atoms with Crippen LogP contribution < -0.4 is 16.0 Å². The molecule has 0 fully saturated rings. The van der Waals surface area contributed by atoms with Gasteiger partial charge in [0.2, 0.25) is 0 Å². The molecule has 0 atom stereocenters. The van der Waals surface area contributed by atoms with Gasteiger partial charge in [0.15, 0.2) is 0 Å². The second kappa shape index (κ2) is 10.7. The predicted molar refractivity (Wildman–Crippen MR) is 124 cm³/mol. The number of para-hydroxylation sites is 1. The van der Waals surface area contributed by atoms with Gasteiger partial charge in [0.05, 0.1) is 16.2 Å². The van der Waals surface area contributed by atoms with Crippen molar-refractivity contribution in [1.82, 2.24) is 5.32 Å². The molecule has 0 aliphatic carbocycles. The molecule has 0 spiro atoms. The highest BCUT2D eigenvalue weighted by Crippen LogP contribution is 2.26. The minimum atomic E-state index is -0.541. The van der Waals surface area contributed by atoms with Gasteiger partial charge in [0, 0.05) is 24.7 Å². The van der Waals surface area contributed by atoms with E-state index in [9.17, 15) is 19.7 Å². The van der Waals surface area contributed by atoms with Gasteiger partial charge in [-0.25, -0.2) is 0 Å². The molecule has 3 N–H and O–H groups in total. The largest absolute Gasteiger partial charge is 0.380 e. The van der Waals surface area contributed by atoms with E-state index >= 15 is 0 Å². The summed E-state index contributed by atoms with van der Waals surface area (Å²) in [5.74, 6) is -0.856. The fourth-order valence-electron chi connectivity index (χ4n) is 3.21. The van der Waals surface area contributed by atoms with E-state index in [2.05, 4.69) is 16.0 Å². The van der Waals surface area contributed by atoms with E-state index in [0.29, 0.717) is 36.4 Å². The van der Waals surface area contributed by atoms with E-state index in [1.807, 2.05) is 37.3 Å². The number of rotatable bonds is 9. The minimum Gasteiger partial charge on any atom is -0.380 e. The normalized spacial score (nSPS) is 10.3. The molecule has 164 valence electrons. The number of carbonyl (C=O) groups excluding carboxylic acids is 2. The smallest absolute Gasteiger partial charge is 0.293 e. The summed E-state index contributed by atoms with van der Waals surface area (Å²) in [6.45, 7) is 2.79. The minimum absolute atomic E-state index is 0.123. The third-order valence-corrected chi connectivity index (χ3v) is 4.79. The average Bonchev–Trinajstić information content (AvgIpc) is 2.80. The molecule has 0 bridgehead atoms. The SMILES string of the molecule is CCNc1ccc(C(=O)Nc2ccccc2C(=O)NCCc2ccccc2)cc1[N+](=O)[O-]. The Balaban J connectivity index is 1.71. The maximum absolute atomic E-state index is 12.7. The Morgan fingerprint density at radius 3 is 2.34 bits per heavy atom. The molecule has 3 rings (SSSR count). The highest BCUT2D eigenvalue weighted by Gasteiger charge is 2.19. The highest BCUT2D eigenvalue weighted by atomic mass is 16.6. The maximum atomic E-state index is 12.7. The van der Waals surface area contributed by atoms with Crippen LogP contribution >= 0.6 is 0 Å². The number of benzene rings is 3. The van der Waals surface area contributed by atoms with E-state index in [4.69, 9.17) is 0 Å². The summed E-state index contributed by atoms with van der Waals surface area (Å²) in [7, 11) is 0. The van der Waals surface area contributed by atoms with E-state index in [0.717, 1.165) is 5.56 Å². The van der Waals surface area contributed by atoms with Gasteiger partial charge in [0.25, 0.3) is 17.5 Å². The zero-order valence-corrected chi connectivity index (χ0v) is 17.6. The van der Waals surface area contributed by atoms with Crippen molar-refractivity contribution in [3.8, 4) is 0 Å². The van der Waals surface area contributed by atoms with Crippen molar-refractivity contribution >= 4 is 28.9 Å².